The SMILES string of the molecule is O=C(NN1CCNCC1)c1cc2cc(Cl)ccc2o1.O=C(O)C(F)(F)F. The molecule has 1 aromatic heterocycles. The van der Waals surface area contributed by atoms with Gasteiger partial charge in [-0.1, -0.05) is 11.6 Å². The number of nitrogens with one attached hydrogen (secondary N) is 2. The Hall–Kier alpha value is -2.30. The largest absolute Gasteiger partial charge is 0.490 e. The summed E-state index contributed by atoms with van der Waals surface area (Å²) in [5, 5.41) is 13.7. The molecule has 0 bridgehead atoms. The summed E-state index contributed by atoms with van der Waals surface area (Å²) in [4.78, 5) is 21.0. The van der Waals surface area contributed by atoms with E-state index in [1.165, 1.54) is 0 Å². The molecular weight excluding hydrogens is 379 g/mol. The van der Waals surface area contributed by atoms with Crippen LogP contribution in [0.5, 0.6) is 0 Å². The molecule has 1 aliphatic heterocycles. The molecule has 0 radical (unpaired) electrons. The summed E-state index contributed by atoms with van der Waals surface area (Å²) in [6.45, 7) is 3.32. The second kappa shape index (κ2) is 8.39. The van der Waals surface area contributed by atoms with Gasteiger partial charge in [0.2, 0.25) is 0 Å². The van der Waals surface area contributed by atoms with Crippen molar-refractivity contribution in [3.63, 3.8) is 0 Å². The number of furan rings is 1. The number of carbonyl (C=O) groups is 2. The van der Waals surface area contributed by atoms with Crippen LogP contribution >= 0.6 is 11.6 Å². The molecule has 142 valence electrons. The minimum atomic E-state index is -5.08. The molecular formula is C15H15ClF3N3O4. The lowest BCUT2D eigenvalue weighted by Crippen LogP contribution is -2.52. The van der Waals surface area contributed by atoms with Gasteiger partial charge >= 0.3 is 18.1 Å². The van der Waals surface area contributed by atoms with Gasteiger partial charge in [-0.2, -0.15) is 13.2 Å². The van der Waals surface area contributed by atoms with Crippen molar-refractivity contribution in [2.75, 3.05) is 26.2 Å². The molecule has 0 aliphatic carbocycles. The van der Waals surface area contributed by atoms with Crippen LogP contribution in [0, 0.1) is 0 Å². The van der Waals surface area contributed by atoms with Gasteiger partial charge in [0.05, 0.1) is 0 Å². The Morgan fingerprint density at radius 2 is 1.85 bits per heavy atom. The minimum Gasteiger partial charge on any atom is -0.475 e. The molecule has 0 atom stereocenters. The van der Waals surface area contributed by atoms with Crippen molar-refractivity contribution in [3.8, 4) is 0 Å². The van der Waals surface area contributed by atoms with Crippen LogP contribution in [0.2, 0.25) is 5.02 Å². The predicted molar refractivity (Wildman–Crippen MR) is 86.8 cm³/mol. The highest BCUT2D eigenvalue weighted by Gasteiger charge is 2.38. The van der Waals surface area contributed by atoms with Gasteiger partial charge in [-0.3, -0.25) is 10.2 Å². The number of halogens is 4. The lowest BCUT2D eigenvalue weighted by atomic mass is 10.2. The van der Waals surface area contributed by atoms with Crippen molar-refractivity contribution in [2.45, 2.75) is 6.18 Å². The van der Waals surface area contributed by atoms with Crippen LogP contribution in [0.3, 0.4) is 0 Å². The number of rotatable bonds is 2. The molecule has 1 aromatic carbocycles. The fourth-order valence-corrected chi connectivity index (χ4v) is 2.28. The quantitative estimate of drug-likeness (QED) is 0.724. The molecule has 2 aromatic rings. The van der Waals surface area contributed by atoms with Crippen molar-refractivity contribution in [1.29, 1.82) is 0 Å². The minimum absolute atomic E-state index is 0.228. The van der Waals surface area contributed by atoms with E-state index in [0.717, 1.165) is 31.6 Å². The zero-order valence-corrected chi connectivity index (χ0v) is 14.0. The van der Waals surface area contributed by atoms with Gasteiger partial charge in [0.15, 0.2) is 5.76 Å². The molecule has 7 nitrogen and oxygen atoms in total. The third-order valence-corrected chi connectivity index (χ3v) is 3.56. The van der Waals surface area contributed by atoms with Gasteiger partial charge in [-0.15, -0.1) is 0 Å². The molecule has 2 heterocycles. The number of nitrogens with zero attached hydrogens (tertiary/aromatic N) is 1. The van der Waals surface area contributed by atoms with Crippen molar-refractivity contribution >= 4 is 34.4 Å². The van der Waals surface area contributed by atoms with Crippen LogP contribution in [0.15, 0.2) is 28.7 Å². The number of carbonyl (C=O) groups excluding carboxylic acids is 1. The lowest BCUT2D eigenvalue weighted by molar-refractivity contribution is -0.192. The van der Waals surface area contributed by atoms with Crippen LogP contribution in [0.1, 0.15) is 10.6 Å². The summed E-state index contributed by atoms with van der Waals surface area (Å²) < 4.78 is 37.2. The fourth-order valence-electron chi connectivity index (χ4n) is 2.10. The van der Waals surface area contributed by atoms with E-state index in [4.69, 9.17) is 25.9 Å². The highest BCUT2D eigenvalue weighted by molar-refractivity contribution is 6.31. The van der Waals surface area contributed by atoms with Gasteiger partial charge in [-0.05, 0) is 24.3 Å². The van der Waals surface area contributed by atoms with Gasteiger partial charge in [0.25, 0.3) is 0 Å². The number of alkyl halides is 3. The normalized spacial score (nSPS) is 15.2. The monoisotopic (exact) mass is 393 g/mol. The molecule has 0 saturated carbocycles. The zero-order chi connectivity index (χ0) is 19.3. The maximum atomic E-state index is 12.1. The third-order valence-electron chi connectivity index (χ3n) is 3.32. The first-order chi connectivity index (χ1) is 12.2. The van der Waals surface area contributed by atoms with Gasteiger partial charge in [0.1, 0.15) is 5.58 Å². The molecule has 11 heteroatoms. The van der Waals surface area contributed by atoms with Crippen molar-refractivity contribution < 1.29 is 32.3 Å². The first-order valence-electron chi connectivity index (χ1n) is 7.42. The molecule has 26 heavy (non-hydrogen) atoms. The van der Waals surface area contributed by atoms with E-state index in [1.54, 1.807) is 24.3 Å². The maximum absolute atomic E-state index is 12.1. The number of hydrogen-bond donors (Lipinski definition) is 3. The highest BCUT2D eigenvalue weighted by atomic mass is 35.5. The maximum Gasteiger partial charge on any atom is 0.490 e. The Bertz CT molecular complexity index is 788. The molecule has 0 spiro atoms. The smallest absolute Gasteiger partial charge is 0.475 e. The highest BCUT2D eigenvalue weighted by Crippen LogP contribution is 2.23. The number of carboxylic acid groups (broad SMARTS) is 1. The Balaban J connectivity index is 0.000000298. The fraction of sp³-hybridized carbons (Fsp3) is 0.333. The van der Waals surface area contributed by atoms with Crippen molar-refractivity contribution in [3.05, 3.63) is 35.0 Å². The molecule has 1 amide bonds. The summed E-state index contributed by atoms with van der Waals surface area (Å²) in [6, 6.07) is 6.99. The van der Waals surface area contributed by atoms with E-state index in [1.807, 2.05) is 5.01 Å². The Kier molecular flexibility index (Phi) is 6.46. The van der Waals surface area contributed by atoms with E-state index in [-0.39, 0.29) is 5.91 Å². The van der Waals surface area contributed by atoms with Crippen molar-refractivity contribution in [2.24, 2.45) is 0 Å². The first kappa shape index (κ1) is 20.0. The predicted octanol–water partition coefficient (Wildman–Crippen LogP) is 2.27. The summed E-state index contributed by atoms with van der Waals surface area (Å²) in [7, 11) is 0. The van der Waals surface area contributed by atoms with Crippen LogP contribution in [0.4, 0.5) is 13.2 Å². The second-order valence-corrected chi connectivity index (χ2v) is 5.71. The first-order valence-corrected chi connectivity index (χ1v) is 7.80. The molecule has 1 saturated heterocycles. The Morgan fingerprint density at radius 3 is 2.42 bits per heavy atom. The molecule has 0 unspecified atom stereocenters. The van der Waals surface area contributed by atoms with Crippen LogP contribution in [-0.4, -0.2) is 54.3 Å². The molecule has 3 rings (SSSR count). The second-order valence-electron chi connectivity index (χ2n) is 5.27. The van der Waals surface area contributed by atoms with E-state index in [0.29, 0.717) is 16.4 Å². The Morgan fingerprint density at radius 1 is 1.23 bits per heavy atom. The Labute approximate surface area is 150 Å². The van der Waals surface area contributed by atoms with E-state index in [2.05, 4.69) is 10.7 Å². The van der Waals surface area contributed by atoms with E-state index < -0.39 is 12.1 Å². The topological polar surface area (TPSA) is 94.8 Å². The zero-order valence-electron chi connectivity index (χ0n) is 13.3. The van der Waals surface area contributed by atoms with Crippen LogP contribution < -0.4 is 10.7 Å². The summed E-state index contributed by atoms with van der Waals surface area (Å²) in [6.07, 6.45) is -5.08. The van der Waals surface area contributed by atoms with Gasteiger partial charge < -0.3 is 14.8 Å². The number of hydrazine groups is 1. The number of hydrogen-bond acceptors (Lipinski definition) is 5. The molecule has 1 fully saturated rings. The van der Waals surface area contributed by atoms with Gasteiger partial charge in [0, 0.05) is 36.6 Å². The number of fused-ring (bicyclic) bond motifs is 1. The summed E-state index contributed by atoms with van der Waals surface area (Å²) in [5.74, 6) is -2.68. The third kappa shape index (κ3) is 5.61. The lowest BCUT2D eigenvalue weighted by Gasteiger charge is -2.26. The van der Waals surface area contributed by atoms with E-state index in [9.17, 15) is 18.0 Å². The number of piperazine rings is 1. The summed E-state index contributed by atoms with van der Waals surface area (Å²) in [5.41, 5.74) is 3.50. The number of amides is 1. The average Bonchev–Trinajstić information content (AvgIpc) is 2.98. The molecule has 3 N–H and O–H groups in total. The number of aliphatic carboxylic acids is 1. The van der Waals surface area contributed by atoms with Crippen LogP contribution in [0.25, 0.3) is 11.0 Å². The van der Waals surface area contributed by atoms with Crippen molar-refractivity contribution in [1.82, 2.24) is 15.8 Å². The standard InChI is InChI=1S/C13H14ClN3O2.C2HF3O2/c14-10-1-2-11-9(7-10)8-12(19-11)13(18)16-17-5-3-15-4-6-17;3-2(4,5)1(6)7/h1-2,7-8,15H,3-6H2,(H,16,18);(H,6,7). The van der Waals surface area contributed by atoms with Gasteiger partial charge in [-0.25, -0.2) is 9.80 Å². The molecule has 1 aliphatic rings. The number of carboxylic acids is 1. The van der Waals surface area contributed by atoms with Crippen LogP contribution in [-0.2, 0) is 4.79 Å². The van der Waals surface area contributed by atoms with E-state index >= 15 is 0 Å². The average molecular weight is 394 g/mol. The number of benzene rings is 1. The summed E-state index contributed by atoms with van der Waals surface area (Å²) >= 11 is 5.91.